The molecule has 2 aliphatic heterocycles. The van der Waals surface area contributed by atoms with Crippen LogP contribution in [0.3, 0.4) is 0 Å². The Bertz CT molecular complexity index is 1320. The monoisotopic (exact) mass is 644 g/mol. The van der Waals surface area contributed by atoms with Crippen molar-refractivity contribution >= 4 is 34.5 Å². The number of fused-ring (bicyclic) bond motifs is 2. The SMILES string of the molecule is O=C(O)CCc1ccccc1C[C@@H]1[C@H](c2nc(C(=O)NCCCCc3ccc(O)c(I)c3)co2)[C@H]2CC[C@@H]1O2. The molecule has 3 heterocycles. The number of aromatic hydroxyl groups is 1. The van der Waals surface area contributed by atoms with E-state index in [0.29, 0.717) is 24.6 Å². The Labute approximate surface area is 241 Å². The molecule has 2 aliphatic rings. The summed E-state index contributed by atoms with van der Waals surface area (Å²) in [5, 5.41) is 21.7. The molecule has 0 saturated carbocycles. The second-order valence-electron chi connectivity index (χ2n) is 10.4. The number of carboxylic acid groups (broad SMARTS) is 1. The number of hydrogen-bond acceptors (Lipinski definition) is 6. The van der Waals surface area contributed by atoms with Crippen molar-refractivity contribution in [3.63, 3.8) is 0 Å². The molecule has 2 fully saturated rings. The highest BCUT2D eigenvalue weighted by Crippen LogP contribution is 2.50. The second-order valence-corrected chi connectivity index (χ2v) is 11.6. The van der Waals surface area contributed by atoms with Crippen molar-refractivity contribution in [2.75, 3.05) is 6.54 Å². The normalized spacial score (nSPS) is 21.8. The van der Waals surface area contributed by atoms with Gasteiger partial charge in [0.05, 0.1) is 21.7 Å². The molecule has 3 aromatic rings. The summed E-state index contributed by atoms with van der Waals surface area (Å²) in [6, 6.07) is 13.6. The number of carboxylic acids is 1. The van der Waals surface area contributed by atoms with Crippen LogP contribution in [0, 0.1) is 9.49 Å². The number of benzene rings is 2. The van der Waals surface area contributed by atoms with Gasteiger partial charge in [-0.2, -0.15) is 0 Å². The van der Waals surface area contributed by atoms with Gasteiger partial charge in [-0.15, -0.1) is 0 Å². The Hall–Kier alpha value is -2.92. The van der Waals surface area contributed by atoms with Crippen LogP contribution in [0.15, 0.2) is 53.1 Å². The topological polar surface area (TPSA) is 122 Å². The average Bonchev–Trinajstić information content (AvgIpc) is 3.67. The van der Waals surface area contributed by atoms with Gasteiger partial charge in [-0.3, -0.25) is 9.59 Å². The van der Waals surface area contributed by atoms with Crippen LogP contribution < -0.4 is 5.32 Å². The predicted octanol–water partition coefficient (Wildman–Crippen LogP) is 5.26. The first-order chi connectivity index (χ1) is 18.9. The lowest BCUT2D eigenvalue weighted by Crippen LogP contribution is -2.28. The van der Waals surface area contributed by atoms with Crippen LogP contribution in [0.25, 0.3) is 0 Å². The molecule has 0 unspecified atom stereocenters. The number of aliphatic carboxylic acids is 1. The van der Waals surface area contributed by atoms with Crippen LogP contribution in [0.2, 0.25) is 0 Å². The molecular formula is C30H33IN2O6. The maximum atomic E-state index is 12.8. The predicted molar refractivity (Wildman–Crippen MR) is 153 cm³/mol. The molecule has 1 aromatic heterocycles. The molecule has 2 bridgehead atoms. The lowest BCUT2D eigenvalue weighted by molar-refractivity contribution is -0.136. The van der Waals surface area contributed by atoms with Crippen molar-refractivity contribution in [2.45, 2.75) is 69.5 Å². The van der Waals surface area contributed by atoms with Crippen molar-refractivity contribution in [1.29, 1.82) is 0 Å². The number of nitrogens with one attached hydrogen (secondary N) is 1. The fourth-order valence-corrected chi connectivity index (χ4v) is 6.45. The molecule has 8 nitrogen and oxygen atoms in total. The molecule has 206 valence electrons. The maximum absolute atomic E-state index is 12.8. The first-order valence-corrected chi connectivity index (χ1v) is 14.6. The smallest absolute Gasteiger partial charge is 0.303 e. The molecule has 2 aromatic carbocycles. The highest BCUT2D eigenvalue weighted by molar-refractivity contribution is 14.1. The van der Waals surface area contributed by atoms with E-state index >= 15 is 0 Å². The fourth-order valence-electron chi connectivity index (χ4n) is 5.87. The Balaban J connectivity index is 1.17. The van der Waals surface area contributed by atoms with Gasteiger partial charge in [0.1, 0.15) is 12.0 Å². The number of aryl methyl sites for hydroxylation is 2. The third-order valence-electron chi connectivity index (χ3n) is 7.84. The number of halogens is 1. The van der Waals surface area contributed by atoms with E-state index in [1.807, 2.05) is 30.3 Å². The zero-order valence-electron chi connectivity index (χ0n) is 21.6. The summed E-state index contributed by atoms with van der Waals surface area (Å²) in [4.78, 5) is 28.5. The summed E-state index contributed by atoms with van der Waals surface area (Å²) in [6.45, 7) is 0.545. The lowest BCUT2D eigenvalue weighted by Gasteiger charge is -2.26. The van der Waals surface area contributed by atoms with Gasteiger partial charge in [0.2, 0.25) is 5.89 Å². The van der Waals surface area contributed by atoms with Crippen LogP contribution in [0.1, 0.15) is 71.1 Å². The number of phenols is 1. The van der Waals surface area contributed by atoms with Crippen molar-refractivity contribution in [3.05, 3.63) is 80.6 Å². The Morgan fingerprint density at radius 3 is 2.64 bits per heavy atom. The number of rotatable bonds is 12. The Kier molecular flexibility index (Phi) is 8.86. The summed E-state index contributed by atoms with van der Waals surface area (Å²) >= 11 is 2.12. The zero-order chi connectivity index (χ0) is 27.4. The minimum Gasteiger partial charge on any atom is -0.507 e. The quantitative estimate of drug-likeness (QED) is 0.182. The van der Waals surface area contributed by atoms with E-state index in [4.69, 9.17) is 14.3 Å². The highest BCUT2D eigenvalue weighted by Gasteiger charge is 2.51. The van der Waals surface area contributed by atoms with Gasteiger partial charge in [0, 0.05) is 18.9 Å². The number of ether oxygens (including phenoxy) is 1. The van der Waals surface area contributed by atoms with Crippen LogP contribution >= 0.6 is 22.6 Å². The molecule has 2 saturated heterocycles. The van der Waals surface area contributed by atoms with Crippen LogP contribution in [-0.2, 0) is 28.8 Å². The number of hydrogen-bond donors (Lipinski definition) is 3. The van der Waals surface area contributed by atoms with Crippen molar-refractivity contribution < 1.29 is 29.0 Å². The van der Waals surface area contributed by atoms with Crippen molar-refractivity contribution in [2.24, 2.45) is 5.92 Å². The first kappa shape index (κ1) is 27.6. The van der Waals surface area contributed by atoms with E-state index in [1.54, 1.807) is 6.07 Å². The molecular weight excluding hydrogens is 611 g/mol. The fraction of sp³-hybridized carbons (Fsp3) is 0.433. The molecule has 39 heavy (non-hydrogen) atoms. The molecule has 9 heteroatoms. The van der Waals surface area contributed by atoms with Gasteiger partial charge in [0.25, 0.3) is 5.91 Å². The van der Waals surface area contributed by atoms with E-state index < -0.39 is 5.97 Å². The second kappa shape index (κ2) is 12.5. The van der Waals surface area contributed by atoms with E-state index in [9.17, 15) is 14.7 Å². The molecule has 0 radical (unpaired) electrons. The van der Waals surface area contributed by atoms with Crippen molar-refractivity contribution in [3.8, 4) is 5.75 Å². The van der Waals surface area contributed by atoms with Crippen molar-refractivity contribution in [1.82, 2.24) is 10.3 Å². The Morgan fingerprint density at radius 2 is 1.85 bits per heavy atom. The Morgan fingerprint density at radius 1 is 1.05 bits per heavy atom. The molecule has 3 N–H and O–H groups in total. The van der Waals surface area contributed by atoms with E-state index in [1.165, 1.54) is 6.26 Å². The molecule has 0 spiro atoms. The molecule has 5 rings (SSSR count). The highest BCUT2D eigenvalue weighted by atomic mass is 127. The first-order valence-electron chi connectivity index (χ1n) is 13.5. The van der Waals surface area contributed by atoms with E-state index in [0.717, 1.165) is 58.8 Å². The van der Waals surface area contributed by atoms with Gasteiger partial charge in [-0.1, -0.05) is 30.3 Å². The number of phenolic OH excluding ortho intramolecular Hbond substituents is 1. The number of carbonyl (C=O) groups excluding carboxylic acids is 1. The summed E-state index contributed by atoms with van der Waals surface area (Å²) < 4.78 is 13.0. The number of oxazole rings is 1. The summed E-state index contributed by atoms with van der Waals surface area (Å²) in [7, 11) is 0. The number of aromatic nitrogens is 1. The largest absolute Gasteiger partial charge is 0.507 e. The average molecular weight is 645 g/mol. The van der Waals surface area contributed by atoms with E-state index in [2.05, 4.69) is 39.0 Å². The number of nitrogens with zero attached hydrogens (tertiary/aromatic N) is 1. The van der Waals surface area contributed by atoms with Gasteiger partial charge >= 0.3 is 5.97 Å². The zero-order valence-corrected chi connectivity index (χ0v) is 23.8. The number of amides is 1. The van der Waals surface area contributed by atoms with Gasteiger partial charge < -0.3 is 24.7 Å². The third kappa shape index (κ3) is 6.63. The lowest BCUT2D eigenvalue weighted by atomic mass is 9.75. The number of carbonyl (C=O) groups is 2. The van der Waals surface area contributed by atoms with Crippen LogP contribution in [0.5, 0.6) is 5.75 Å². The van der Waals surface area contributed by atoms with Crippen LogP contribution in [-0.4, -0.2) is 45.8 Å². The summed E-state index contributed by atoms with van der Waals surface area (Å²) in [5.41, 5.74) is 3.63. The minimum atomic E-state index is -0.802. The van der Waals surface area contributed by atoms with Gasteiger partial charge in [-0.05, 0) is 96.4 Å². The van der Waals surface area contributed by atoms with E-state index in [-0.39, 0.29) is 42.1 Å². The molecule has 0 aliphatic carbocycles. The standard InChI is InChI=1S/C30H33IN2O6/c31-22-15-18(8-10-24(22)34)5-3-4-14-32-29(37)23-17-38-30(33-23)28-21(25-11-12-26(28)39-25)16-20-7-2-1-6-19(20)9-13-27(35)36/h1-2,6-8,10,15,17,21,25-26,28,34H,3-5,9,11-14,16H2,(H,32,37)(H,35,36)/t21-,25-,26+,28-/m0/s1. The summed E-state index contributed by atoms with van der Waals surface area (Å²) in [6.07, 6.45) is 7.47. The molecule has 1 amide bonds. The number of unbranched alkanes of at least 4 members (excludes halogenated alkanes) is 1. The van der Waals surface area contributed by atoms with Crippen LogP contribution in [0.4, 0.5) is 0 Å². The minimum absolute atomic E-state index is 0.0173. The summed E-state index contributed by atoms with van der Waals surface area (Å²) in [5.74, 6) is -0.0876. The third-order valence-corrected chi connectivity index (χ3v) is 8.70. The van der Waals surface area contributed by atoms with Gasteiger partial charge in [-0.25, -0.2) is 4.98 Å². The maximum Gasteiger partial charge on any atom is 0.303 e. The molecule has 4 atom stereocenters. The van der Waals surface area contributed by atoms with Gasteiger partial charge in [0.15, 0.2) is 5.69 Å².